The quantitative estimate of drug-likeness (QED) is 0.500. The van der Waals surface area contributed by atoms with Crippen LogP contribution >= 0.6 is 59.1 Å². The van der Waals surface area contributed by atoms with Gasteiger partial charge in [0.15, 0.2) is 0 Å². The molecule has 3 rings (SSSR count). The van der Waals surface area contributed by atoms with Gasteiger partial charge in [-0.25, -0.2) is 4.79 Å². The van der Waals surface area contributed by atoms with Crippen molar-refractivity contribution in [3.05, 3.63) is 51.9 Å². The summed E-state index contributed by atoms with van der Waals surface area (Å²) < 4.78 is 3.05. The van der Waals surface area contributed by atoms with E-state index < -0.39 is 0 Å². The Morgan fingerprint density at radius 2 is 1.76 bits per heavy atom. The molecule has 3 N–H and O–H groups in total. The number of imidazole rings is 1. The molecule has 0 fully saturated rings. The van der Waals surface area contributed by atoms with E-state index in [0.717, 1.165) is 29.3 Å². The van der Waals surface area contributed by atoms with Crippen LogP contribution in [0.1, 0.15) is 16.5 Å². The first-order chi connectivity index (χ1) is 9.99. The van der Waals surface area contributed by atoms with Gasteiger partial charge in [-0.2, -0.15) is 0 Å². The van der Waals surface area contributed by atoms with Crippen molar-refractivity contribution in [3.8, 4) is 0 Å². The first-order valence-corrected chi connectivity index (χ1v) is 9.22. The molecule has 8 heteroatoms. The number of hydrogen-bond acceptors (Lipinski definition) is 3. The molecular weight excluding hydrogens is 486 g/mol. The number of rotatable bonds is 3. The van der Waals surface area contributed by atoms with Crippen molar-refractivity contribution in [3.63, 3.8) is 0 Å². The van der Waals surface area contributed by atoms with Crippen LogP contribution in [0.3, 0.4) is 0 Å². The zero-order valence-electron chi connectivity index (χ0n) is 10.8. The van der Waals surface area contributed by atoms with Crippen LogP contribution in [0.25, 0.3) is 11.0 Å². The smallest absolute Gasteiger partial charge is 0.309 e. The second-order valence-corrected chi connectivity index (χ2v) is 8.60. The summed E-state index contributed by atoms with van der Waals surface area (Å²) in [7, 11) is 1.92. The molecule has 0 aliphatic carbocycles. The Hall–Kier alpha value is -0.410. The summed E-state index contributed by atoms with van der Waals surface area (Å²) >= 11 is 12.3. The summed E-state index contributed by atoms with van der Waals surface area (Å²) in [5.74, 6) is 0. The number of halogens is 3. The van der Waals surface area contributed by atoms with Gasteiger partial charge < -0.3 is 15.3 Å². The van der Waals surface area contributed by atoms with Gasteiger partial charge in [0.2, 0.25) is 0 Å². The molecule has 4 nitrogen and oxygen atoms in total. The predicted molar refractivity (Wildman–Crippen MR) is 97.2 cm³/mol. The standard InChI is InChI=1S/C13H10Br3N3OS/c1-17-11(10-4-7(15)12(16)21-10)5-2-8-9(3-6(5)14)19-13(20)18-8/h2-4,11,17H,1H3,(H2,18,19,20). The van der Waals surface area contributed by atoms with Crippen LogP contribution in [-0.4, -0.2) is 17.0 Å². The second-order valence-electron chi connectivity index (χ2n) is 4.49. The highest BCUT2D eigenvalue weighted by atomic mass is 79.9. The summed E-state index contributed by atoms with van der Waals surface area (Å²) in [5.41, 5.74) is 2.46. The van der Waals surface area contributed by atoms with Crippen molar-refractivity contribution in [2.75, 3.05) is 7.05 Å². The van der Waals surface area contributed by atoms with Crippen molar-refractivity contribution >= 4 is 70.2 Å². The fourth-order valence-electron chi connectivity index (χ4n) is 2.25. The minimum absolute atomic E-state index is 0.0368. The monoisotopic (exact) mass is 493 g/mol. The van der Waals surface area contributed by atoms with Crippen LogP contribution in [-0.2, 0) is 0 Å². The van der Waals surface area contributed by atoms with Crippen LogP contribution < -0.4 is 11.0 Å². The van der Waals surface area contributed by atoms with Gasteiger partial charge in [0.25, 0.3) is 0 Å². The maximum atomic E-state index is 11.4. The van der Waals surface area contributed by atoms with E-state index in [1.54, 1.807) is 11.3 Å². The molecule has 0 radical (unpaired) electrons. The van der Waals surface area contributed by atoms with E-state index in [2.05, 4.69) is 69.1 Å². The second kappa shape index (κ2) is 6.00. The maximum absolute atomic E-state index is 11.4. The third-order valence-corrected chi connectivity index (χ3v) is 7.19. The predicted octanol–water partition coefficient (Wildman–Crippen LogP) is 4.51. The van der Waals surface area contributed by atoms with Crippen LogP contribution in [0.2, 0.25) is 0 Å². The van der Waals surface area contributed by atoms with Gasteiger partial charge in [0.1, 0.15) is 0 Å². The molecule has 0 amide bonds. The van der Waals surface area contributed by atoms with Gasteiger partial charge in [0.05, 0.1) is 20.9 Å². The number of nitrogens with one attached hydrogen (secondary N) is 3. The molecule has 0 bridgehead atoms. The Balaban J connectivity index is 2.15. The largest absolute Gasteiger partial charge is 0.323 e. The molecule has 0 aliphatic rings. The lowest BCUT2D eigenvalue weighted by molar-refractivity contribution is 0.701. The van der Waals surface area contributed by atoms with Crippen molar-refractivity contribution < 1.29 is 0 Å². The third kappa shape index (κ3) is 2.92. The number of fused-ring (bicyclic) bond motifs is 1. The van der Waals surface area contributed by atoms with Gasteiger partial charge in [-0.3, -0.25) is 0 Å². The van der Waals surface area contributed by atoms with E-state index in [9.17, 15) is 4.79 Å². The minimum atomic E-state index is -0.198. The first kappa shape index (κ1) is 15.5. The zero-order valence-corrected chi connectivity index (χ0v) is 16.3. The van der Waals surface area contributed by atoms with E-state index >= 15 is 0 Å². The number of aromatic amines is 2. The molecule has 0 saturated carbocycles. The molecule has 0 spiro atoms. The zero-order chi connectivity index (χ0) is 15.1. The molecule has 110 valence electrons. The van der Waals surface area contributed by atoms with Crippen LogP contribution in [0.5, 0.6) is 0 Å². The summed E-state index contributed by atoms with van der Waals surface area (Å²) in [6.45, 7) is 0. The molecule has 21 heavy (non-hydrogen) atoms. The fraction of sp³-hybridized carbons (Fsp3) is 0.154. The highest BCUT2D eigenvalue weighted by Gasteiger charge is 2.19. The topological polar surface area (TPSA) is 60.7 Å². The number of thiophene rings is 1. The Morgan fingerprint density at radius 3 is 2.33 bits per heavy atom. The molecule has 2 heterocycles. The minimum Gasteiger partial charge on any atom is -0.309 e. The summed E-state index contributed by atoms with van der Waals surface area (Å²) in [6, 6.07) is 6.03. The SMILES string of the molecule is CNC(c1cc(Br)c(Br)s1)c1cc2[nH]c(=O)[nH]c2cc1Br. The number of aromatic nitrogens is 2. The Kier molecular flexibility index (Phi) is 4.42. The summed E-state index contributed by atoms with van der Waals surface area (Å²) in [5, 5.41) is 3.32. The van der Waals surface area contributed by atoms with Crippen molar-refractivity contribution in [1.29, 1.82) is 0 Å². The lowest BCUT2D eigenvalue weighted by atomic mass is 10.0. The highest BCUT2D eigenvalue weighted by molar-refractivity contribution is 9.13. The molecule has 1 aromatic carbocycles. The van der Waals surface area contributed by atoms with Crippen LogP contribution in [0.4, 0.5) is 0 Å². The molecule has 3 aromatic rings. The third-order valence-electron chi connectivity index (χ3n) is 3.18. The summed E-state index contributed by atoms with van der Waals surface area (Å²) in [6.07, 6.45) is 0. The Bertz CT molecular complexity index is 848. The van der Waals surface area contributed by atoms with E-state index in [1.165, 1.54) is 4.88 Å². The van der Waals surface area contributed by atoms with Crippen molar-refractivity contribution in [2.24, 2.45) is 0 Å². The van der Waals surface area contributed by atoms with E-state index in [1.807, 2.05) is 19.2 Å². The Morgan fingerprint density at radius 1 is 1.10 bits per heavy atom. The maximum Gasteiger partial charge on any atom is 0.323 e. The van der Waals surface area contributed by atoms with Crippen molar-refractivity contribution in [1.82, 2.24) is 15.3 Å². The summed E-state index contributed by atoms with van der Waals surface area (Å²) in [4.78, 5) is 18.2. The fourth-order valence-corrected chi connectivity index (χ4v) is 5.04. The molecule has 2 aromatic heterocycles. The van der Waals surface area contributed by atoms with Crippen LogP contribution in [0.15, 0.2) is 35.7 Å². The van der Waals surface area contributed by atoms with Crippen LogP contribution in [0, 0.1) is 0 Å². The molecule has 1 unspecified atom stereocenters. The average molecular weight is 496 g/mol. The van der Waals surface area contributed by atoms with E-state index in [4.69, 9.17) is 0 Å². The van der Waals surface area contributed by atoms with E-state index in [-0.39, 0.29) is 11.7 Å². The number of hydrogen-bond donors (Lipinski definition) is 3. The highest BCUT2D eigenvalue weighted by Crippen LogP contribution is 2.39. The lowest BCUT2D eigenvalue weighted by Gasteiger charge is -2.17. The lowest BCUT2D eigenvalue weighted by Crippen LogP contribution is -2.17. The Labute approximate surface area is 149 Å². The molecular formula is C13H10Br3N3OS. The average Bonchev–Trinajstić information content (AvgIpc) is 2.93. The first-order valence-electron chi connectivity index (χ1n) is 6.03. The normalized spacial score (nSPS) is 13.0. The molecule has 1 atom stereocenters. The molecule has 0 aliphatic heterocycles. The molecule has 0 saturated heterocycles. The number of H-pyrrole nitrogens is 2. The van der Waals surface area contributed by atoms with Gasteiger partial charge in [-0.15, -0.1) is 11.3 Å². The van der Waals surface area contributed by atoms with E-state index in [0.29, 0.717) is 0 Å². The van der Waals surface area contributed by atoms with Gasteiger partial charge >= 0.3 is 5.69 Å². The van der Waals surface area contributed by atoms with Gasteiger partial charge in [-0.05, 0) is 62.7 Å². The number of benzene rings is 1. The van der Waals surface area contributed by atoms with Gasteiger partial charge in [0, 0.05) is 13.8 Å². The van der Waals surface area contributed by atoms with Crippen molar-refractivity contribution in [2.45, 2.75) is 6.04 Å². The van der Waals surface area contributed by atoms with Gasteiger partial charge in [-0.1, -0.05) is 15.9 Å².